The van der Waals surface area contributed by atoms with Crippen molar-refractivity contribution in [3.05, 3.63) is 63.3 Å². The first-order valence-electron chi connectivity index (χ1n) is 11.2. The lowest BCUT2D eigenvalue weighted by Crippen LogP contribution is -2.57. The van der Waals surface area contributed by atoms with Crippen LogP contribution < -0.4 is 21.1 Å². The Hall–Kier alpha value is -3.00. The van der Waals surface area contributed by atoms with Crippen LogP contribution in [0.1, 0.15) is 44.5 Å². The molecule has 8 heteroatoms. The maximum atomic E-state index is 13.7. The lowest BCUT2D eigenvalue weighted by molar-refractivity contribution is -0.130. The van der Waals surface area contributed by atoms with Crippen molar-refractivity contribution in [2.24, 2.45) is 12.5 Å². The Kier molecular flexibility index (Phi) is 7.07. The number of nitrogens with one attached hydrogen (secondary N) is 2. The molecule has 0 unspecified atom stereocenters. The van der Waals surface area contributed by atoms with Crippen molar-refractivity contribution in [1.29, 1.82) is 0 Å². The molecule has 33 heavy (non-hydrogen) atoms. The molecule has 2 aromatic rings. The lowest BCUT2D eigenvalue weighted by Gasteiger charge is -2.34. The van der Waals surface area contributed by atoms with Gasteiger partial charge in [0.05, 0.1) is 11.7 Å². The van der Waals surface area contributed by atoms with Crippen LogP contribution in [0.25, 0.3) is 0 Å². The molecule has 2 atom stereocenters. The average Bonchev–Trinajstić information content (AvgIpc) is 3.19. The van der Waals surface area contributed by atoms with Gasteiger partial charge >= 0.3 is 0 Å². The normalized spacial score (nSPS) is 15.2. The summed E-state index contributed by atoms with van der Waals surface area (Å²) in [5, 5.41) is 5.80. The molecule has 2 heterocycles. The van der Waals surface area contributed by atoms with Crippen LogP contribution in [0.3, 0.4) is 0 Å². The molecule has 1 aliphatic rings. The number of likely N-dealkylation sites (N-methyl/N-ethyl adjacent to an activating group) is 1. The number of carbonyl (C=O) groups is 2. The molecule has 2 N–H and O–H groups in total. The van der Waals surface area contributed by atoms with Crippen LogP contribution in [0.15, 0.2) is 35.1 Å². The zero-order chi connectivity index (χ0) is 24.5. The highest BCUT2D eigenvalue weighted by Crippen LogP contribution is 2.31. The van der Waals surface area contributed by atoms with E-state index in [-0.39, 0.29) is 23.2 Å². The fourth-order valence-corrected chi connectivity index (χ4v) is 4.07. The number of rotatable bonds is 6. The smallest absolute Gasteiger partial charge is 0.254 e. The van der Waals surface area contributed by atoms with Crippen LogP contribution >= 0.6 is 0 Å². The van der Waals surface area contributed by atoms with Gasteiger partial charge in [-0.25, -0.2) is 4.39 Å². The number of halogens is 1. The number of hydrogen-bond acceptors (Lipinski definition) is 4. The monoisotopic (exact) mass is 456 g/mol. The van der Waals surface area contributed by atoms with Crippen molar-refractivity contribution < 1.29 is 14.0 Å². The Morgan fingerprint density at radius 1 is 1.18 bits per heavy atom. The number of fused-ring (bicyclic) bond motifs is 1. The summed E-state index contributed by atoms with van der Waals surface area (Å²) in [6.07, 6.45) is 0.892. The highest BCUT2D eigenvalue weighted by Gasteiger charge is 2.39. The van der Waals surface area contributed by atoms with Gasteiger partial charge in [-0.05, 0) is 43.1 Å². The minimum absolute atomic E-state index is 0.129. The molecule has 2 amide bonds. The van der Waals surface area contributed by atoms with E-state index in [1.807, 2.05) is 20.8 Å². The molecule has 3 rings (SSSR count). The fraction of sp³-hybridized carbons (Fsp3) is 0.480. The molecular weight excluding hydrogens is 423 g/mol. The molecule has 1 aromatic carbocycles. The molecule has 1 aromatic heterocycles. The average molecular weight is 457 g/mol. The molecular formula is C25H33FN4O3. The minimum atomic E-state index is -0.732. The number of nitrogens with zero attached hydrogens (tertiary/aromatic N) is 2. The zero-order valence-electron chi connectivity index (χ0n) is 20.2. The van der Waals surface area contributed by atoms with E-state index in [4.69, 9.17) is 0 Å². The van der Waals surface area contributed by atoms with Crippen molar-refractivity contribution in [2.45, 2.75) is 52.6 Å². The Balaban J connectivity index is 1.96. The van der Waals surface area contributed by atoms with E-state index >= 15 is 0 Å². The van der Waals surface area contributed by atoms with Crippen molar-refractivity contribution in [3.8, 4) is 0 Å². The number of anilines is 1. The lowest BCUT2D eigenvalue weighted by atomic mass is 9.85. The highest BCUT2D eigenvalue weighted by molar-refractivity contribution is 6.01. The van der Waals surface area contributed by atoms with Crippen LogP contribution in [0.5, 0.6) is 0 Å². The summed E-state index contributed by atoms with van der Waals surface area (Å²) >= 11 is 0. The van der Waals surface area contributed by atoms with Gasteiger partial charge in [0.2, 0.25) is 11.8 Å². The van der Waals surface area contributed by atoms with Crippen molar-refractivity contribution in [2.75, 3.05) is 18.5 Å². The van der Waals surface area contributed by atoms with E-state index < -0.39 is 17.5 Å². The third-order valence-corrected chi connectivity index (χ3v) is 6.25. The van der Waals surface area contributed by atoms with E-state index in [2.05, 4.69) is 10.6 Å². The number of aromatic nitrogens is 1. The van der Waals surface area contributed by atoms with Crippen LogP contribution in [0.4, 0.5) is 10.1 Å². The van der Waals surface area contributed by atoms with E-state index in [0.29, 0.717) is 30.6 Å². The quantitative estimate of drug-likeness (QED) is 0.698. The minimum Gasteiger partial charge on any atom is -0.342 e. The molecule has 0 saturated heterocycles. The number of carbonyl (C=O) groups excluding carboxylic acids is 2. The predicted molar refractivity (Wildman–Crippen MR) is 127 cm³/mol. The summed E-state index contributed by atoms with van der Waals surface area (Å²) in [4.78, 5) is 40.8. The summed E-state index contributed by atoms with van der Waals surface area (Å²) in [5.74, 6) is -0.785. The molecule has 0 saturated carbocycles. The zero-order valence-corrected chi connectivity index (χ0v) is 20.2. The van der Waals surface area contributed by atoms with Gasteiger partial charge in [-0.3, -0.25) is 14.4 Å². The second-order valence-corrected chi connectivity index (χ2v) is 9.73. The molecule has 0 spiro atoms. The van der Waals surface area contributed by atoms with E-state index in [1.165, 1.54) is 12.1 Å². The molecule has 7 nitrogen and oxygen atoms in total. The molecule has 1 aliphatic heterocycles. The first-order valence-corrected chi connectivity index (χ1v) is 11.2. The molecule has 178 valence electrons. The van der Waals surface area contributed by atoms with Gasteiger partial charge in [-0.15, -0.1) is 0 Å². The summed E-state index contributed by atoms with van der Waals surface area (Å²) in [6.45, 7) is 7.92. The standard InChI is InChI=1S/C25H33FN4O3/c1-15(27-5)22(31)28-21(25(2,3)4)24(33)30-12-11-19-20(30)14-17(23(32)29(19)6)13-16-7-9-18(26)10-8-16/h7-10,14-15,21,27H,11-13H2,1-6H3,(H,28,31)/t15-,21+/m0/s1. The van der Waals surface area contributed by atoms with E-state index in [0.717, 1.165) is 11.3 Å². The van der Waals surface area contributed by atoms with E-state index in [9.17, 15) is 18.8 Å². The summed E-state index contributed by atoms with van der Waals surface area (Å²) in [5.41, 5.74) is 2.17. The Morgan fingerprint density at radius 2 is 1.82 bits per heavy atom. The number of hydrogen-bond donors (Lipinski definition) is 2. The van der Waals surface area contributed by atoms with Crippen molar-refractivity contribution in [1.82, 2.24) is 15.2 Å². The van der Waals surface area contributed by atoms with Gasteiger partial charge < -0.3 is 20.1 Å². The maximum absolute atomic E-state index is 13.7. The molecule has 0 aliphatic carbocycles. The topological polar surface area (TPSA) is 83.4 Å². The van der Waals surface area contributed by atoms with Gasteiger partial charge in [-0.1, -0.05) is 32.9 Å². The molecule has 0 bridgehead atoms. The second kappa shape index (κ2) is 9.47. The predicted octanol–water partition coefficient (Wildman–Crippen LogP) is 2.14. The second-order valence-electron chi connectivity index (χ2n) is 9.73. The van der Waals surface area contributed by atoms with Crippen LogP contribution in [0.2, 0.25) is 0 Å². The van der Waals surface area contributed by atoms with Gasteiger partial charge in [-0.2, -0.15) is 0 Å². The first-order chi connectivity index (χ1) is 15.4. The van der Waals surface area contributed by atoms with Crippen LogP contribution in [-0.2, 0) is 29.5 Å². The summed E-state index contributed by atoms with van der Waals surface area (Å²) < 4.78 is 14.9. The fourth-order valence-electron chi connectivity index (χ4n) is 4.07. The molecule has 0 radical (unpaired) electrons. The Morgan fingerprint density at radius 3 is 2.39 bits per heavy atom. The van der Waals surface area contributed by atoms with Crippen molar-refractivity contribution >= 4 is 17.5 Å². The van der Waals surface area contributed by atoms with Gasteiger partial charge in [0.1, 0.15) is 11.9 Å². The van der Waals surface area contributed by atoms with Crippen molar-refractivity contribution in [3.63, 3.8) is 0 Å². The summed E-state index contributed by atoms with van der Waals surface area (Å²) in [6, 6.07) is 6.64. The van der Waals surface area contributed by atoms with Crippen LogP contribution in [-0.4, -0.2) is 42.1 Å². The SMILES string of the molecule is CN[C@@H](C)C(=O)N[C@H](C(=O)N1CCc2c1cc(Cc1ccc(F)cc1)c(=O)n2C)C(C)(C)C. The van der Waals surface area contributed by atoms with Gasteiger partial charge in [0, 0.05) is 37.7 Å². The third kappa shape index (κ3) is 5.16. The number of pyridine rings is 1. The third-order valence-electron chi connectivity index (χ3n) is 6.25. The van der Waals surface area contributed by atoms with Gasteiger partial charge in [0.15, 0.2) is 0 Å². The Labute approximate surface area is 194 Å². The number of amides is 2. The number of benzene rings is 1. The largest absolute Gasteiger partial charge is 0.342 e. The first kappa shape index (κ1) is 24.6. The maximum Gasteiger partial charge on any atom is 0.254 e. The highest BCUT2D eigenvalue weighted by atomic mass is 19.1. The van der Waals surface area contributed by atoms with Gasteiger partial charge in [0.25, 0.3) is 5.56 Å². The van der Waals surface area contributed by atoms with Crippen LogP contribution in [0, 0.1) is 11.2 Å². The van der Waals surface area contributed by atoms with E-state index in [1.54, 1.807) is 48.7 Å². The molecule has 0 fully saturated rings. The summed E-state index contributed by atoms with van der Waals surface area (Å²) in [7, 11) is 3.40. The Bertz CT molecular complexity index is 1100.